The summed E-state index contributed by atoms with van der Waals surface area (Å²) in [4.78, 5) is 25.5. The number of aromatic amines is 1. The van der Waals surface area contributed by atoms with Crippen LogP contribution in [0, 0.1) is 0 Å². The standard InChI is InChI=1S/C13H14N2O3/c1-18-7-6-14-12-9-4-2-3-5-11(9)15-13(17)10(12)8-16/h2-5,8H,6-7H2,1H3,(H2,14,15,17). The molecule has 2 rings (SSSR count). The lowest BCUT2D eigenvalue weighted by Gasteiger charge is -2.11. The van der Waals surface area contributed by atoms with E-state index in [0.717, 1.165) is 5.39 Å². The Bertz CT molecular complexity index is 619. The van der Waals surface area contributed by atoms with Gasteiger partial charge in [-0.15, -0.1) is 0 Å². The van der Waals surface area contributed by atoms with Gasteiger partial charge >= 0.3 is 0 Å². The molecule has 5 heteroatoms. The van der Waals surface area contributed by atoms with Crippen LogP contribution in [0.1, 0.15) is 10.4 Å². The molecular formula is C13H14N2O3. The third kappa shape index (κ3) is 2.26. The Morgan fingerprint density at radius 1 is 1.39 bits per heavy atom. The van der Waals surface area contributed by atoms with Crippen LogP contribution in [-0.4, -0.2) is 31.5 Å². The van der Waals surface area contributed by atoms with Gasteiger partial charge in [0.2, 0.25) is 0 Å². The maximum absolute atomic E-state index is 11.8. The second-order valence-corrected chi connectivity index (χ2v) is 3.83. The maximum atomic E-state index is 11.8. The minimum Gasteiger partial charge on any atom is -0.383 e. The summed E-state index contributed by atoms with van der Waals surface area (Å²) in [5, 5.41) is 3.89. The summed E-state index contributed by atoms with van der Waals surface area (Å²) in [6.07, 6.45) is 0.570. The van der Waals surface area contributed by atoms with Crippen molar-refractivity contribution in [2.24, 2.45) is 0 Å². The van der Waals surface area contributed by atoms with Gasteiger partial charge in [0, 0.05) is 19.0 Å². The molecule has 0 unspecified atom stereocenters. The highest BCUT2D eigenvalue weighted by Gasteiger charge is 2.10. The molecule has 2 aromatic rings. The topological polar surface area (TPSA) is 71.2 Å². The summed E-state index contributed by atoms with van der Waals surface area (Å²) in [7, 11) is 1.60. The van der Waals surface area contributed by atoms with Gasteiger partial charge in [-0.2, -0.15) is 0 Å². The lowest BCUT2D eigenvalue weighted by atomic mass is 10.1. The zero-order valence-corrected chi connectivity index (χ0v) is 10.0. The van der Waals surface area contributed by atoms with E-state index in [-0.39, 0.29) is 11.1 Å². The number of carbonyl (C=O) groups excluding carboxylic acids is 1. The molecule has 1 heterocycles. The average Bonchev–Trinajstić information content (AvgIpc) is 2.38. The molecular weight excluding hydrogens is 232 g/mol. The van der Waals surface area contributed by atoms with Crippen molar-refractivity contribution >= 4 is 22.9 Å². The summed E-state index contributed by atoms with van der Waals surface area (Å²) in [5.74, 6) is 0. The number of ether oxygens (including phenoxy) is 1. The van der Waals surface area contributed by atoms with Crippen LogP contribution in [0.15, 0.2) is 29.1 Å². The highest BCUT2D eigenvalue weighted by atomic mass is 16.5. The van der Waals surface area contributed by atoms with Gasteiger partial charge in [0.25, 0.3) is 5.56 Å². The molecule has 1 aromatic carbocycles. The van der Waals surface area contributed by atoms with Crippen LogP contribution in [0.25, 0.3) is 10.9 Å². The number of carbonyl (C=O) groups is 1. The van der Waals surface area contributed by atoms with Crippen LogP contribution in [-0.2, 0) is 4.74 Å². The minimum absolute atomic E-state index is 0.116. The SMILES string of the molecule is COCCNc1c(C=O)c(=O)[nH]c2ccccc12. The molecule has 94 valence electrons. The van der Waals surface area contributed by atoms with E-state index in [2.05, 4.69) is 10.3 Å². The first-order valence-corrected chi connectivity index (χ1v) is 5.61. The molecule has 0 bridgehead atoms. The number of fused-ring (bicyclic) bond motifs is 1. The number of hydrogen-bond acceptors (Lipinski definition) is 4. The second-order valence-electron chi connectivity index (χ2n) is 3.83. The number of nitrogens with one attached hydrogen (secondary N) is 2. The monoisotopic (exact) mass is 246 g/mol. The largest absolute Gasteiger partial charge is 0.383 e. The summed E-state index contributed by atoms with van der Waals surface area (Å²) >= 11 is 0. The highest BCUT2D eigenvalue weighted by Crippen LogP contribution is 2.22. The van der Waals surface area contributed by atoms with Crippen LogP contribution in [0.5, 0.6) is 0 Å². The quantitative estimate of drug-likeness (QED) is 0.618. The van der Waals surface area contributed by atoms with Crippen molar-refractivity contribution in [3.63, 3.8) is 0 Å². The fraction of sp³-hybridized carbons (Fsp3) is 0.231. The van der Waals surface area contributed by atoms with Crippen LogP contribution >= 0.6 is 0 Å². The van der Waals surface area contributed by atoms with E-state index in [1.54, 1.807) is 13.2 Å². The first-order valence-electron chi connectivity index (χ1n) is 5.61. The van der Waals surface area contributed by atoms with E-state index in [1.807, 2.05) is 18.2 Å². The summed E-state index contributed by atoms with van der Waals surface area (Å²) < 4.78 is 4.94. The molecule has 0 spiro atoms. The van der Waals surface area contributed by atoms with Crippen molar-refractivity contribution < 1.29 is 9.53 Å². The molecule has 0 aliphatic rings. The second kappa shape index (κ2) is 5.46. The van der Waals surface area contributed by atoms with Gasteiger partial charge in [0.05, 0.1) is 17.8 Å². The number of pyridine rings is 1. The Balaban J connectivity index is 2.57. The third-order valence-electron chi connectivity index (χ3n) is 2.68. The van der Waals surface area contributed by atoms with Crippen molar-refractivity contribution in [3.8, 4) is 0 Å². The van der Waals surface area contributed by atoms with Crippen LogP contribution < -0.4 is 10.9 Å². The Kier molecular flexibility index (Phi) is 3.74. The molecule has 0 saturated carbocycles. The van der Waals surface area contributed by atoms with Gasteiger partial charge < -0.3 is 15.0 Å². The number of benzene rings is 1. The van der Waals surface area contributed by atoms with Crippen molar-refractivity contribution in [2.45, 2.75) is 0 Å². The molecule has 18 heavy (non-hydrogen) atoms. The number of methoxy groups -OCH3 is 1. The Morgan fingerprint density at radius 2 is 2.17 bits per heavy atom. The van der Waals surface area contributed by atoms with E-state index in [9.17, 15) is 9.59 Å². The number of hydrogen-bond donors (Lipinski definition) is 2. The average molecular weight is 246 g/mol. The molecule has 2 N–H and O–H groups in total. The predicted octanol–water partition coefficient (Wildman–Crippen LogP) is 1.40. The van der Waals surface area contributed by atoms with Crippen molar-refractivity contribution in [3.05, 3.63) is 40.2 Å². The summed E-state index contributed by atoms with van der Waals surface area (Å²) in [5.41, 5.74) is 0.989. The lowest BCUT2D eigenvalue weighted by Crippen LogP contribution is -2.18. The van der Waals surface area contributed by atoms with Gasteiger partial charge in [-0.1, -0.05) is 18.2 Å². The van der Waals surface area contributed by atoms with E-state index >= 15 is 0 Å². The molecule has 0 aliphatic heterocycles. The van der Waals surface area contributed by atoms with Crippen molar-refractivity contribution in [1.29, 1.82) is 0 Å². The Hall–Kier alpha value is -2.14. The molecule has 0 fully saturated rings. The number of para-hydroxylation sites is 1. The maximum Gasteiger partial charge on any atom is 0.261 e. The van der Waals surface area contributed by atoms with E-state index < -0.39 is 0 Å². The van der Waals surface area contributed by atoms with Crippen LogP contribution in [0.4, 0.5) is 5.69 Å². The smallest absolute Gasteiger partial charge is 0.261 e. The Morgan fingerprint density at radius 3 is 2.89 bits per heavy atom. The third-order valence-corrected chi connectivity index (χ3v) is 2.68. The fourth-order valence-electron chi connectivity index (χ4n) is 1.84. The van der Waals surface area contributed by atoms with E-state index in [1.165, 1.54) is 0 Å². The highest BCUT2D eigenvalue weighted by molar-refractivity contribution is 5.99. The molecule has 0 saturated heterocycles. The van der Waals surface area contributed by atoms with Gasteiger partial charge in [-0.25, -0.2) is 0 Å². The van der Waals surface area contributed by atoms with Crippen molar-refractivity contribution in [1.82, 2.24) is 4.98 Å². The Labute approximate surface area is 104 Å². The first kappa shape index (κ1) is 12.3. The number of H-pyrrole nitrogens is 1. The first-order chi connectivity index (χ1) is 8.77. The van der Waals surface area contributed by atoms with Gasteiger partial charge in [0.15, 0.2) is 6.29 Å². The summed E-state index contributed by atoms with van der Waals surface area (Å²) in [6.45, 7) is 1.03. The normalized spacial score (nSPS) is 10.5. The number of anilines is 1. The molecule has 0 atom stereocenters. The minimum atomic E-state index is -0.386. The predicted molar refractivity (Wildman–Crippen MR) is 70.3 cm³/mol. The number of aldehydes is 1. The molecule has 0 aliphatic carbocycles. The van der Waals surface area contributed by atoms with Crippen LogP contribution in [0.3, 0.4) is 0 Å². The lowest BCUT2D eigenvalue weighted by molar-refractivity contribution is 0.112. The number of rotatable bonds is 5. The van der Waals surface area contributed by atoms with E-state index in [4.69, 9.17) is 4.74 Å². The van der Waals surface area contributed by atoms with Crippen LogP contribution in [0.2, 0.25) is 0 Å². The van der Waals surface area contributed by atoms with Gasteiger partial charge in [-0.05, 0) is 6.07 Å². The molecule has 5 nitrogen and oxygen atoms in total. The molecule has 1 aromatic heterocycles. The van der Waals surface area contributed by atoms with Gasteiger partial charge in [-0.3, -0.25) is 9.59 Å². The molecule has 0 radical (unpaired) electrons. The van der Waals surface area contributed by atoms with Gasteiger partial charge in [0.1, 0.15) is 5.56 Å². The van der Waals surface area contributed by atoms with Crippen molar-refractivity contribution in [2.75, 3.05) is 25.6 Å². The fourth-order valence-corrected chi connectivity index (χ4v) is 1.84. The molecule has 0 amide bonds. The zero-order valence-electron chi connectivity index (χ0n) is 10.0. The number of aromatic nitrogens is 1. The summed E-state index contributed by atoms with van der Waals surface area (Å²) in [6, 6.07) is 7.34. The zero-order chi connectivity index (χ0) is 13.0. The van der Waals surface area contributed by atoms with E-state index in [0.29, 0.717) is 30.6 Å².